The number of hydrogen-bond acceptors (Lipinski definition) is 5. The number of hydrogen-bond donors (Lipinski definition) is 0. The zero-order valence-corrected chi connectivity index (χ0v) is 13.1. The first-order valence-electron chi connectivity index (χ1n) is 7.65. The zero-order valence-electron chi connectivity index (χ0n) is 13.1. The van der Waals surface area contributed by atoms with Crippen molar-refractivity contribution >= 4 is 11.6 Å². The van der Waals surface area contributed by atoms with Crippen LogP contribution in [-0.4, -0.2) is 43.4 Å². The van der Waals surface area contributed by atoms with Crippen LogP contribution in [0, 0.1) is 13.8 Å². The summed E-state index contributed by atoms with van der Waals surface area (Å²) in [5, 5.41) is 3.82. The van der Waals surface area contributed by atoms with Crippen LogP contribution in [0.15, 0.2) is 29.0 Å². The Bertz CT molecular complexity index is 882. The number of rotatable bonds is 2. The molecule has 1 saturated heterocycles. The monoisotopic (exact) mass is 311 g/mol. The minimum Gasteiger partial charge on any atom is -0.339 e. The lowest BCUT2D eigenvalue weighted by molar-refractivity contribution is 0.0784. The Balaban J connectivity index is 1.54. The minimum absolute atomic E-state index is 0.0508. The summed E-state index contributed by atoms with van der Waals surface area (Å²) in [6, 6.07) is 3.90. The zero-order chi connectivity index (χ0) is 16.0. The van der Waals surface area contributed by atoms with Gasteiger partial charge >= 0.3 is 0 Å². The maximum absolute atomic E-state index is 12.7. The molecule has 4 heterocycles. The Kier molecular flexibility index (Phi) is 3.14. The number of carbonyl (C=O) groups is 1. The fourth-order valence-electron chi connectivity index (χ4n) is 2.99. The van der Waals surface area contributed by atoms with Crippen molar-refractivity contribution < 1.29 is 9.32 Å². The van der Waals surface area contributed by atoms with Gasteiger partial charge in [-0.3, -0.25) is 4.79 Å². The van der Waals surface area contributed by atoms with E-state index < -0.39 is 0 Å². The van der Waals surface area contributed by atoms with Crippen LogP contribution in [0.25, 0.3) is 5.65 Å². The minimum atomic E-state index is -0.0508. The van der Waals surface area contributed by atoms with Crippen molar-refractivity contribution in [1.29, 1.82) is 0 Å². The highest BCUT2D eigenvalue weighted by atomic mass is 16.5. The van der Waals surface area contributed by atoms with E-state index in [9.17, 15) is 4.79 Å². The van der Waals surface area contributed by atoms with Gasteiger partial charge in [-0.05, 0) is 31.9 Å². The van der Waals surface area contributed by atoms with Gasteiger partial charge in [-0.25, -0.2) is 4.98 Å². The van der Waals surface area contributed by atoms with Crippen LogP contribution in [0.1, 0.15) is 40.1 Å². The van der Waals surface area contributed by atoms with Crippen LogP contribution >= 0.6 is 0 Å². The summed E-state index contributed by atoms with van der Waals surface area (Å²) in [5.74, 6) is 1.30. The molecule has 3 aromatic heterocycles. The quantitative estimate of drug-likeness (QED) is 0.723. The van der Waals surface area contributed by atoms with Crippen molar-refractivity contribution in [2.75, 3.05) is 13.1 Å². The van der Waals surface area contributed by atoms with E-state index in [0.29, 0.717) is 30.5 Å². The summed E-state index contributed by atoms with van der Waals surface area (Å²) in [7, 11) is 0. The first-order chi connectivity index (χ1) is 11.1. The summed E-state index contributed by atoms with van der Waals surface area (Å²) >= 11 is 0. The molecule has 23 heavy (non-hydrogen) atoms. The molecule has 118 valence electrons. The van der Waals surface area contributed by atoms with Crippen LogP contribution in [0.4, 0.5) is 0 Å². The number of aromatic nitrogens is 4. The standard InChI is InChI=1S/C16H17N5O2/c1-10-3-4-14-18-13(9-21(14)7-10)16(22)20-6-5-12(8-20)15-17-11(2)19-23-15/h3-4,7,9,12H,5-6,8H2,1-2H3/t12-/m0/s1. The third-order valence-corrected chi connectivity index (χ3v) is 4.19. The summed E-state index contributed by atoms with van der Waals surface area (Å²) in [4.78, 5) is 23.2. The van der Waals surface area contributed by atoms with E-state index in [1.165, 1.54) is 0 Å². The Hall–Kier alpha value is -2.70. The number of pyridine rings is 1. The molecule has 1 atom stereocenters. The molecule has 1 amide bonds. The SMILES string of the molecule is Cc1ccc2nc(C(=O)N3CC[C@H](c4nc(C)no4)C3)cn2c1. The second-order valence-corrected chi connectivity index (χ2v) is 6.01. The molecule has 7 heteroatoms. The van der Waals surface area contributed by atoms with Crippen LogP contribution in [-0.2, 0) is 0 Å². The smallest absolute Gasteiger partial charge is 0.274 e. The van der Waals surface area contributed by atoms with E-state index in [-0.39, 0.29) is 11.8 Å². The van der Waals surface area contributed by atoms with E-state index in [1.807, 2.05) is 29.7 Å². The van der Waals surface area contributed by atoms with Gasteiger partial charge in [0.25, 0.3) is 5.91 Å². The van der Waals surface area contributed by atoms with Crippen molar-refractivity contribution in [1.82, 2.24) is 24.4 Å². The molecule has 0 aliphatic carbocycles. The Labute approximate surface area is 132 Å². The molecule has 7 nitrogen and oxygen atoms in total. The fourth-order valence-corrected chi connectivity index (χ4v) is 2.99. The average molecular weight is 311 g/mol. The molecule has 0 spiro atoms. The van der Waals surface area contributed by atoms with Crippen molar-refractivity contribution in [2.24, 2.45) is 0 Å². The first-order valence-corrected chi connectivity index (χ1v) is 7.65. The number of imidazole rings is 1. The van der Waals surface area contributed by atoms with Crippen LogP contribution in [0.2, 0.25) is 0 Å². The highest BCUT2D eigenvalue weighted by Gasteiger charge is 2.32. The number of nitrogens with zero attached hydrogens (tertiary/aromatic N) is 5. The molecule has 0 radical (unpaired) electrons. The first kappa shape index (κ1) is 13.9. The Morgan fingerprint density at radius 1 is 1.26 bits per heavy atom. The highest BCUT2D eigenvalue weighted by molar-refractivity contribution is 5.93. The van der Waals surface area contributed by atoms with Gasteiger partial charge in [0.15, 0.2) is 5.82 Å². The molecule has 0 bridgehead atoms. The van der Waals surface area contributed by atoms with Gasteiger partial charge in [0, 0.05) is 25.5 Å². The lowest BCUT2D eigenvalue weighted by atomic mass is 10.1. The molecule has 0 aromatic carbocycles. The van der Waals surface area contributed by atoms with Crippen LogP contribution < -0.4 is 0 Å². The predicted molar refractivity (Wildman–Crippen MR) is 82.2 cm³/mol. The van der Waals surface area contributed by atoms with Gasteiger partial charge in [0.05, 0.1) is 5.92 Å². The molecule has 0 N–H and O–H groups in total. The number of fused-ring (bicyclic) bond motifs is 1. The van der Waals surface area contributed by atoms with E-state index in [0.717, 1.165) is 17.6 Å². The van der Waals surface area contributed by atoms with Gasteiger partial charge in [0.2, 0.25) is 5.89 Å². The molecule has 0 saturated carbocycles. The summed E-state index contributed by atoms with van der Waals surface area (Å²) < 4.78 is 7.11. The van der Waals surface area contributed by atoms with Crippen molar-refractivity contribution in [3.8, 4) is 0 Å². The molecule has 1 aliphatic rings. The van der Waals surface area contributed by atoms with Crippen molar-refractivity contribution in [2.45, 2.75) is 26.2 Å². The third-order valence-electron chi connectivity index (χ3n) is 4.19. The predicted octanol–water partition coefficient (Wildman–Crippen LogP) is 1.96. The third kappa shape index (κ3) is 2.48. The van der Waals surface area contributed by atoms with E-state index in [2.05, 4.69) is 15.1 Å². The van der Waals surface area contributed by atoms with Gasteiger partial charge in [0.1, 0.15) is 11.3 Å². The largest absolute Gasteiger partial charge is 0.339 e. The van der Waals surface area contributed by atoms with E-state index in [1.54, 1.807) is 18.0 Å². The molecular formula is C16H17N5O2. The summed E-state index contributed by atoms with van der Waals surface area (Å²) in [6.07, 6.45) is 4.59. The summed E-state index contributed by atoms with van der Waals surface area (Å²) in [5.41, 5.74) is 2.38. The van der Waals surface area contributed by atoms with Gasteiger partial charge < -0.3 is 13.8 Å². The second-order valence-electron chi connectivity index (χ2n) is 6.01. The van der Waals surface area contributed by atoms with E-state index >= 15 is 0 Å². The number of aryl methyl sites for hydroxylation is 2. The van der Waals surface area contributed by atoms with Crippen LogP contribution in [0.3, 0.4) is 0 Å². The van der Waals surface area contributed by atoms with Crippen molar-refractivity contribution in [3.05, 3.63) is 47.5 Å². The molecule has 0 unspecified atom stereocenters. The van der Waals surface area contributed by atoms with Gasteiger partial charge in [-0.2, -0.15) is 4.98 Å². The molecule has 3 aromatic rings. The normalized spacial score (nSPS) is 18.0. The number of likely N-dealkylation sites (tertiary alicyclic amines) is 1. The fraction of sp³-hybridized carbons (Fsp3) is 0.375. The second kappa shape index (κ2) is 5.19. The Morgan fingerprint density at radius 2 is 2.13 bits per heavy atom. The lowest BCUT2D eigenvalue weighted by Gasteiger charge is -2.13. The Morgan fingerprint density at radius 3 is 2.91 bits per heavy atom. The molecule has 4 rings (SSSR count). The number of amides is 1. The maximum atomic E-state index is 12.7. The topological polar surface area (TPSA) is 76.5 Å². The van der Waals surface area contributed by atoms with Crippen molar-refractivity contribution in [3.63, 3.8) is 0 Å². The molecular weight excluding hydrogens is 294 g/mol. The molecule has 1 aliphatic heterocycles. The van der Waals surface area contributed by atoms with Crippen LogP contribution in [0.5, 0.6) is 0 Å². The van der Waals surface area contributed by atoms with Gasteiger partial charge in [-0.1, -0.05) is 11.2 Å². The van der Waals surface area contributed by atoms with Gasteiger partial charge in [-0.15, -0.1) is 0 Å². The number of carbonyl (C=O) groups excluding carboxylic acids is 1. The molecule has 1 fully saturated rings. The average Bonchev–Trinajstić information content (AvgIpc) is 3.23. The maximum Gasteiger partial charge on any atom is 0.274 e. The van der Waals surface area contributed by atoms with E-state index in [4.69, 9.17) is 4.52 Å². The summed E-state index contributed by atoms with van der Waals surface area (Å²) in [6.45, 7) is 5.08. The lowest BCUT2D eigenvalue weighted by Crippen LogP contribution is -2.28. The highest BCUT2D eigenvalue weighted by Crippen LogP contribution is 2.27.